The van der Waals surface area contributed by atoms with E-state index in [0.717, 1.165) is 9.39 Å². The highest BCUT2D eigenvalue weighted by atomic mass is 127. The normalized spacial score (nSPS) is 19.5. The molecule has 0 amide bonds. The minimum atomic E-state index is -0.290. The topological polar surface area (TPSA) is 31.4 Å². The summed E-state index contributed by atoms with van der Waals surface area (Å²) in [5.74, 6) is 0. The molecule has 13 heavy (non-hydrogen) atoms. The number of rotatable bonds is 2. The molecule has 0 atom stereocenters. The molecule has 3 nitrogen and oxygen atoms in total. The van der Waals surface area contributed by atoms with Gasteiger partial charge in [-0.2, -0.15) is 0 Å². The van der Waals surface area contributed by atoms with Gasteiger partial charge in [0.1, 0.15) is 3.70 Å². The molecule has 0 radical (unpaired) electrons. The molecule has 0 N–H and O–H groups in total. The monoisotopic (exact) mass is 291 g/mol. The van der Waals surface area contributed by atoms with Crippen LogP contribution < -0.4 is 0 Å². The summed E-state index contributed by atoms with van der Waals surface area (Å²) in [4.78, 5) is 4.42. The maximum Gasteiger partial charge on any atom is 0.156 e. The van der Waals surface area contributed by atoms with Crippen LogP contribution in [0.5, 0.6) is 0 Å². The van der Waals surface area contributed by atoms with Gasteiger partial charge >= 0.3 is 0 Å². The number of hydrogen-bond donors (Lipinski definition) is 0. The number of pyridine rings is 1. The van der Waals surface area contributed by atoms with Crippen molar-refractivity contribution in [2.24, 2.45) is 0 Å². The van der Waals surface area contributed by atoms with Gasteiger partial charge in [0, 0.05) is 7.11 Å². The zero-order valence-electron chi connectivity index (χ0n) is 7.29. The molecule has 1 saturated heterocycles. The summed E-state index contributed by atoms with van der Waals surface area (Å²) in [6.45, 7) is 1.22. The van der Waals surface area contributed by atoms with Crippen LogP contribution in [0.3, 0.4) is 0 Å². The van der Waals surface area contributed by atoms with Gasteiger partial charge in [-0.05, 0) is 34.7 Å². The fourth-order valence-electron chi connectivity index (χ4n) is 1.32. The van der Waals surface area contributed by atoms with Crippen LogP contribution in [0.4, 0.5) is 0 Å². The van der Waals surface area contributed by atoms with Gasteiger partial charge in [-0.15, -0.1) is 0 Å². The highest BCUT2D eigenvalue weighted by molar-refractivity contribution is 14.1. The average molecular weight is 291 g/mol. The van der Waals surface area contributed by atoms with Crippen molar-refractivity contribution in [1.29, 1.82) is 0 Å². The first-order valence-electron chi connectivity index (χ1n) is 4.03. The van der Waals surface area contributed by atoms with Crippen LogP contribution in [-0.2, 0) is 15.1 Å². The van der Waals surface area contributed by atoms with Crippen molar-refractivity contribution >= 4 is 22.6 Å². The van der Waals surface area contributed by atoms with Gasteiger partial charge < -0.3 is 9.47 Å². The zero-order chi connectivity index (χ0) is 9.31. The smallest absolute Gasteiger partial charge is 0.156 e. The van der Waals surface area contributed by atoms with Gasteiger partial charge in [0.2, 0.25) is 0 Å². The molecule has 1 fully saturated rings. The first kappa shape index (κ1) is 9.36. The van der Waals surface area contributed by atoms with E-state index in [0.29, 0.717) is 13.2 Å². The lowest BCUT2D eigenvalue weighted by Crippen LogP contribution is -2.48. The SMILES string of the molecule is COC1(c2cccc(I)n2)COC1. The summed E-state index contributed by atoms with van der Waals surface area (Å²) in [7, 11) is 1.70. The first-order chi connectivity index (χ1) is 6.27. The molecule has 1 aromatic heterocycles. The van der Waals surface area contributed by atoms with Crippen molar-refractivity contribution < 1.29 is 9.47 Å². The molecule has 1 aromatic rings. The molecule has 0 bridgehead atoms. The van der Waals surface area contributed by atoms with Gasteiger partial charge in [0.25, 0.3) is 0 Å². The Kier molecular flexibility index (Phi) is 2.53. The van der Waals surface area contributed by atoms with Crippen molar-refractivity contribution in [3.05, 3.63) is 27.6 Å². The summed E-state index contributed by atoms with van der Waals surface area (Å²) in [5.41, 5.74) is 0.675. The number of aromatic nitrogens is 1. The van der Waals surface area contributed by atoms with Gasteiger partial charge in [0.05, 0.1) is 18.9 Å². The third-order valence-electron chi connectivity index (χ3n) is 2.24. The Bertz CT molecular complexity index is 307. The number of halogens is 1. The molecule has 2 rings (SSSR count). The molecule has 0 aromatic carbocycles. The fraction of sp³-hybridized carbons (Fsp3) is 0.444. The first-order valence-corrected chi connectivity index (χ1v) is 5.11. The Morgan fingerprint density at radius 3 is 2.77 bits per heavy atom. The minimum Gasteiger partial charge on any atom is -0.374 e. The lowest BCUT2D eigenvalue weighted by molar-refractivity contribution is -0.204. The van der Waals surface area contributed by atoms with Crippen LogP contribution in [0.2, 0.25) is 0 Å². The summed E-state index contributed by atoms with van der Waals surface area (Å²) >= 11 is 2.19. The Labute approximate surface area is 90.6 Å². The van der Waals surface area contributed by atoms with Gasteiger partial charge in [-0.1, -0.05) is 6.07 Å². The molecule has 0 saturated carbocycles. The van der Waals surface area contributed by atoms with Crippen molar-refractivity contribution in [3.63, 3.8) is 0 Å². The summed E-state index contributed by atoms with van der Waals surface area (Å²) in [6.07, 6.45) is 0. The van der Waals surface area contributed by atoms with E-state index in [1.165, 1.54) is 0 Å². The highest BCUT2D eigenvalue weighted by Gasteiger charge is 2.41. The van der Waals surface area contributed by atoms with Crippen LogP contribution in [0.25, 0.3) is 0 Å². The van der Waals surface area contributed by atoms with Crippen molar-refractivity contribution in [2.75, 3.05) is 20.3 Å². The zero-order valence-corrected chi connectivity index (χ0v) is 9.45. The van der Waals surface area contributed by atoms with E-state index in [9.17, 15) is 0 Å². The molecular formula is C9H10INO2. The Hall–Kier alpha value is -0.200. The maximum atomic E-state index is 5.42. The van der Waals surface area contributed by atoms with Gasteiger partial charge in [-0.3, -0.25) is 0 Å². The third kappa shape index (κ3) is 1.58. The molecule has 0 spiro atoms. The minimum absolute atomic E-state index is 0.290. The van der Waals surface area contributed by atoms with E-state index in [4.69, 9.17) is 9.47 Å². The van der Waals surface area contributed by atoms with Crippen LogP contribution in [0.15, 0.2) is 18.2 Å². The molecule has 1 aliphatic heterocycles. The molecule has 2 heterocycles. The molecular weight excluding hydrogens is 281 g/mol. The molecule has 1 aliphatic rings. The lowest BCUT2D eigenvalue weighted by Gasteiger charge is -2.39. The summed E-state index contributed by atoms with van der Waals surface area (Å²) in [5, 5.41) is 0. The maximum absolute atomic E-state index is 5.42. The van der Waals surface area contributed by atoms with E-state index in [-0.39, 0.29) is 5.60 Å². The Balaban J connectivity index is 2.33. The molecule has 70 valence electrons. The van der Waals surface area contributed by atoms with Crippen LogP contribution >= 0.6 is 22.6 Å². The lowest BCUT2D eigenvalue weighted by atomic mass is 9.97. The fourth-order valence-corrected chi connectivity index (χ4v) is 1.79. The second-order valence-electron chi connectivity index (χ2n) is 3.04. The molecule has 0 unspecified atom stereocenters. The van der Waals surface area contributed by atoms with E-state index < -0.39 is 0 Å². The number of nitrogens with zero attached hydrogens (tertiary/aromatic N) is 1. The second kappa shape index (κ2) is 3.51. The summed E-state index contributed by atoms with van der Waals surface area (Å²) < 4.78 is 11.6. The number of hydrogen-bond acceptors (Lipinski definition) is 3. The van der Waals surface area contributed by atoms with E-state index >= 15 is 0 Å². The van der Waals surface area contributed by atoms with Crippen LogP contribution in [0.1, 0.15) is 5.69 Å². The number of methoxy groups -OCH3 is 1. The molecule has 0 aliphatic carbocycles. The van der Waals surface area contributed by atoms with Crippen LogP contribution in [-0.4, -0.2) is 25.3 Å². The largest absolute Gasteiger partial charge is 0.374 e. The Morgan fingerprint density at radius 1 is 1.54 bits per heavy atom. The highest BCUT2D eigenvalue weighted by Crippen LogP contribution is 2.31. The van der Waals surface area contributed by atoms with Gasteiger partial charge in [-0.25, -0.2) is 4.98 Å². The average Bonchev–Trinajstić information content (AvgIpc) is 2.03. The third-order valence-corrected chi connectivity index (χ3v) is 2.84. The number of ether oxygens (including phenoxy) is 2. The predicted molar refractivity (Wildman–Crippen MR) is 56.5 cm³/mol. The van der Waals surface area contributed by atoms with E-state index in [1.807, 2.05) is 18.2 Å². The van der Waals surface area contributed by atoms with Crippen molar-refractivity contribution in [1.82, 2.24) is 4.98 Å². The predicted octanol–water partition coefficient (Wildman–Crippen LogP) is 1.56. The molecule has 4 heteroatoms. The van der Waals surface area contributed by atoms with E-state index in [2.05, 4.69) is 27.6 Å². The second-order valence-corrected chi connectivity index (χ2v) is 4.14. The Morgan fingerprint density at radius 2 is 2.31 bits per heavy atom. The van der Waals surface area contributed by atoms with E-state index in [1.54, 1.807) is 7.11 Å². The summed E-state index contributed by atoms with van der Waals surface area (Å²) in [6, 6.07) is 5.93. The van der Waals surface area contributed by atoms with Crippen LogP contribution in [0, 0.1) is 3.70 Å². The quantitative estimate of drug-likeness (QED) is 0.612. The standard InChI is InChI=1S/C9H10INO2/c1-12-9(5-13-6-9)7-3-2-4-8(10)11-7/h2-4H,5-6H2,1H3. The van der Waals surface area contributed by atoms with Gasteiger partial charge in [0.15, 0.2) is 5.60 Å². The van der Waals surface area contributed by atoms with Crippen molar-refractivity contribution in [2.45, 2.75) is 5.60 Å². The van der Waals surface area contributed by atoms with Crippen molar-refractivity contribution in [3.8, 4) is 0 Å².